The molecule has 1 amide bonds. The molecule has 0 aliphatic rings. The quantitative estimate of drug-likeness (QED) is 0.744. The third-order valence-corrected chi connectivity index (χ3v) is 3.32. The molecule has 1 aromatic carbocycles. The molecule has 0 fully saturated rings. The van der Waals surface area contributed by atoms with Gasteiger partial charge in [-0.3, -0.25) is 4.79 Å². The average Bonchev–Trinajstić information content (AvgIpc) is 2.33. The second-order valence-corrected chi connectivity index (χ2v) is 5.48. The van der Waals surface area contributed by atoms with E-state index in [1.807, 2.05) is 32.9 Å². The van der Waals surface area contributed by atoms with E-state index in [0.29, 0.717) is 0 Å². The SMILES string of the molecule is Cc1cc(C)c(CC(=O)NC(C)(CO)CO)c(C)c1. The summed E-state index contributed by atoms with van der Waals surface area (Å²) in [4.78, 5) is 12.0. The van der Waals surface area contributed by atoms with Crippen LogP contribution in [0.25, 0.3) is 0 Å². The maximum Gasteiger partial charge on any atom is 0.225 e. The highest BCUT2D eigenvalue weighted by Gasteiger charge is 2.24. The summed E-state index contributed by atoms with van der Waals surface area (Å²) in [7, 11) is 0. The Morgan fingerprint density at radius 1 is 1.16 bits per heavy atom. The van der Waals surface area contributed by atoms with Gasteiger partial charge in [0.15, 0.2) is 0 Å². The number of aliphatic hydroxyl groups excluding tert-OH is 2. The Bertz CT molecular complexity index is 441. The molecule has 0 saturated heterocycles. The van der Waals surface area contributed by atoms with Crippen molar-refractivity contribution in [1.82, 2.24) is 5.32 Å². The van der Waals surface area contributed by atoms with Crippen molar-refractivity contribution >= 4 is 5.91 Å². The minimum atomic E-state index is -0.969. The highest BCUT2D eigenvalue weighted by Crippen LogP contribution is 2.17. The van der Waals surface area contributed by atoms with E-state index in [1.54, 1.807) is 6.92 Å². The normalized spacial score (nSPS) is 11.5. The van der Waals surface area contributed by atoms with Crippen LogP contribution in [0.1, 0.15) is 29.2 Å². The molecule has 106 valence electrons. The summed E-state index contributed by atoms with van der Waals surface area (Å²) in [5.74, 6) is -0.194. The maximum absolute atomic E-state index is 12.0. The molecule has 0 aliphatic heterocycles. The zero-order chi connectivity index (χ0) is 14.6. The summed E-state index contributed by atoms with van der Waals surface area (Å²) in [6.45, 7) is 7.03. The topological polar surface area (TPSA) is 69.6 Å². The zero-order valence-corrected chi connectivity index (χ0v) is 12.1. The van der Waals surface area contributed by atoms with Crippen LogP contribution in [-0.4, -0.2) is 34.9 Å². The minimum absolute atomic E-state index is 0.194. The maximum atomic E-state index is 12.0. The van der Waals surface area contributed by atoms with Crippen LogP contribution < -0.4 is 5.32 Å². The van der Waals surface area contributed by atoms with E-state index < -0.39 is 5.54 Å². The highest BCUT2D eigenvalue weighted by molar-refractivity contribution is 5.80. The Morgan fingerprint density at radius 3 is 2.05 bits per heavy atom. The summed E-state index contributed by atoms with van der Waals surface area (Å²) in [6.07, 6.45) is 0.257. The molecule has 0 radical (unpaired) electrons. The van der Waals surface area contributed by atoms with E-state index in [2.05, 4.69) is 5.32 Å². The molecule has 0 bridgehead atoms. The van der Waals surface area contributed by atoms with Crippen molar-refractivity contribution in [3.8, 4) is 0 Å². The van der Waals surface area contributed by atoms with Crippen LogP contribution in [0.4, 0.5) is 0 Å². The lowest BCUT2D eigenvalue weighted by Crippen LogP contribution is -2.52. The zero-order valence-electron chi connectivity index (χ0n) is 12.1. The standard InChI is InChI=1S/C15H23NO3/c1-10-5-11(2)13(12(3)6-10)7-14(19)16-15(4,8-17)9-18/h5-6,17-18H,7-9H2,1-4H3,(H,16,19). The van der Waals surface area contributed by atoms with Crippen LogP contribution in [0.5, 0.6) is 0 Å². The van der Waals surface area contributed by atoms with Crippen molar-refractivity contribution in [3.05, 3.63) is 34.4 Å². The highest BCUT2D eigenvalue weighted by atomic mass is 16.3. The Morgan fingerprint density at radius 2 is 1.63 bits per heavy atom. The van der Waals surface area contributed by atoms with Crippen LogP contribution >= 0.6 is 0 Å². The number of nitrogens with one attached hydrogen (secondary N) is 1. The molecule has 0 saturated carbocycles. The van der Waals surface area contributed by atoms with E-state index >= 15 is 0 Å². The van der Waals surface area contributed by atoms with Crippen LogP contribution in [-0.2, 0) is 11.2 Å². The smallest absolute Gasteiger partial charge is 0.225 e. The first-order valence-corrected chi connectivity index (χ1v) is 6.41. The van der Waals surface area contributed by atoms with Gasteiger partial charge in [0.05, 0.1) is 25.2 Å². The van der Waals surface area contributed by atoms with Crippen molar-refractivity contribution in [2.45, 2.75) is 39.7 Å². The summed E-state index contributed by atoms with van der Waals surface area (Å²) in [6, 6.07) is 4.10. The second kappa shape index (κ2) is 6.17. The number of benzene rings is 1. The lowest BCUT2D eigenvalue weighted by molar-refractivity contribution is -0.123. The number of aryl methyl sites for hydroxylation is 3. The van der Waals surface area contributed by atoms with E-state index in [0.717, 1.165) is 16.7 Å². The van der Waals surface area contributed by atoms with Crippen LogP contribution in [0.2, 0.25) is 0 Å². The van der Waals surface area contributed by atoms with Crippen molar-refractivity contribution in [3.63, 3.8) is 0 Å². The largest absolute Gasteiger partial charge is 0.394 e. The predicted molar refractivity (Wildman–Crippen MR) is 75.1 cm³/mol. The van der Waals surface area contributed by atoms with E-state index in [1.165, 1.54) is 5.56 Å². The Hall–Kier alpha value is -1.39. The molecule has 0 atom stereocenters. The molecular weight excluding hydrogens is 242 g/mol. The average molecular weight is 265 g/mol. The van der Waals surface area contributed by atoms with Gasteiger partial charge in [-0.1, -0.05) is 17.7 Å². The fourth-order valence-corrected chi connectivity index (χ4v) is 2.16. The van der Waals surface area contributed by atoms with Gasteiger partial charge in [0.2, 0.25) is 5.91 Å². The first kappa shape index (κ1) is 15.7. The number of amides is 1. The van der Waals surface area contributed by atoms with E-state index in [9.17, 15) is 15.0 Å². The monoisotopic (exact) mass is 265 g/mol. The summed E-state index contributed by atoms with van der Waals surface area (Å²) >= 11 is 0. The lowest BCUT2D eigenvalue weighted by atomic mass is 9.96. The molecule has 0 heterocycles. The summed E-state index contributed by atoms with van der Waals surface area (Å²) in [5.41, 5.74) is 3.38. The molecule has 19 heavy (non-hydrogen) atoms. The van der Waals surface area contributed by atoms with Gasteiger partial charge < -0.3 is 15.5 Å². The first-order chi connectivity index (χ1) is 8.81. The van der Waals surface area contributed by atoms with Crippen molar-refractivity contribution in [2.75, 3.05) is 13.2 Å². The van der Waals surface area contributed by atoms with Crippen LogP contribution in [0, 0.1) is 20.8 Å². The van der Waals surface area contributed by atoms with Gasteiger partial charge >= 0.3 is 0 Å². The third-order valence-electron chi connectivity index (χ3n) is 3.32. The second-order valence-electron chi connectivity index (χ2n) is 5.48. The number of carbonyl (C=O) groups is 1. The van der Waals surface area contributed by atoms with Gasteiger partial charge in [-0.15, -0.1) is 0 Å². The fourth-order valence-electron chi connectivity index (χ4n) is 2.16. The van der Waals surface area contributed by atoms with E-state index in [4.69, 9.17) is 0 Å². The molecule has 0 aliphatic carbocycles. The molecule has 3 N–H and O–H groups in total. The molecular formula is C15H23NO3. The van der Waals surface area contributed by atoms with Gasteiger partial charge in [-0.05, 0) is 44.4 Å². The molecule has 0 spiro atoms. The number of hydrogen-bond acceptors (Lipinski definition) is 3. The summed E-state index contributed by atoms with van der Waals surface area (Å²) < 4.78 is 0. The van der Waals surface area contributed by atoms with E-state index in [-0.39, 0.29) is 25.5 Å². The Kier molecular flexibility index (Phi) is 5.09. The van der Waals surface area contributed by atoms with Gasteiger partial charge in [0.1, 0.15) is 0 Å². The molecule has 4 heteroatoms. The lowest BCUT2D eigenvalue weighted by Gasteiger charge is -2.26. The van der Waals surface area contributed by atoms with Gasteiger partial charge in [0.25, 0.3) is 0 Å². The summed E-state index contributed by atoms with van der Waals surface area (Å²) in [5, 5.41) is 21.0. The number of hydrogen-bond donors (Lipinski definition) is 3. The van der Waals surface area contributed by atoms with Gasteiger partial charge in [0, 0.05) is 0 Å². The molecule has 1 rings (SSSR count). The third kappa shape index (κ3) is 4.04. The number of aliphatic hydroxyl groups is 2. The first-order valence-electron chi connectivity index (χ1n) is 6.41. The van der Waals surface area contributed by atoms with Crippen molar-refractivity contribution < 1.29 is 15.0 Å². The Balaban J connectivity index is 2.84. The predicted octanol–water partition coefficient (Wildman–Crippen LogP) is 1.01. The van der Waals surface area contributed by atoms with Gasteiger partial charge in [-0.2, -0.15) is 0 Å². The number of carbonyl (C=O) groups excluding carboxylic acids is 1. The van der Waals surface area contributed by atoms with Crippen molar-refractivity contribution in [2.24, 2.45) is 0 Å². The van der Waals surface area contributed by atoms with Gasteiger partial charge in [-0.25, -0.2) is 0 Å². The molecule has 0 unspecified atom stereocenters. The van der Waals surface area contributed by atoms with Crippen LogP contribution in [0.3, 0.4) is 0 Å². The minimum Gasteiger partial charge on any atom is -0.394 e. The molecule has 1 aromatic rings. The van der Waals surface area contributed by atoms with Crippen LogP contribution in [0.15, 0.2) is 12.1 Å². The molecule has 4 nitrogen and oxygen atoms in total. The number of rotatable bonds is 5. The Labute approximate surface area is 114 Å². The molecule has 0 aromatic heterocycles. The van der Waals surface area contributed by atoms with Crippen molar-refractivity contribution in [1.29, 1.82) is 0 Å². The fraction of sp³-hybridized carbons (Fsp3) is 0.533.